The average molecular weight is 510 g/mol. The van der Waals surface area contributed by atoms with Crippen LogP contribution in [0.5, 0.6) is 0 Å². The number of aryl methyl sites for hydroxylation is 1. The third kappa shape index (κ3) is 4.04. The normalized spacial score (nSPS) is 16.5. The third-order valence-corrected chi connectivity index (χ3v) is 9.25. The second-order valence-corrected chi connectivity index (χ2v) is 11.4. The fourth-order valence-corrected chi connectivity index (χ4v) is 6.84. The largest absolute Gasteiger partial charge is 0.379 e. The molecule has 0 radical (unpaired) electrons. The van der Waals surface area contributed by atoms with Gasteiger partial charge in [0.05, 0.1) is 34.0 Å². The van der Waals surface area contributed by atoms with E-state index >= 15 is 0 Å². The van der Waals surface area contributed by atoms with Gasteiger partial charge in [-0.15, -0.1) is 0 Å². The minimum atomic E-state index is -3.62. The average Bonchev–Trinajstić information content (AvgIpc) is 3.60. The van der Waals surface area contributed by atoms with E-state index in [0.29, 0.717) is 42.8 Å². The van der Waals surface area contributed by atoms with Gasteiger partial charge in [0.15, 0.2) is 0 Å². The van der Waals surface area contributed by atoms with E-state index in [1.165, 1.54) is 27.8 Å². The van der Waals surface area contributed by atoms with E-state index in [1.54, 1.807) is 16.8 Å². The predicted octanol–water partition coefficient (Wildman–Crippen LogP) is 3.24. The Kier molecular flexibility index (Phi) is 5.64. The SMILES string of the molecule is O=C(Nc1c2c(nn1-c1nc3ccccc3s1)CCC2)c1ccc(S(=O)(=O)N2CCOCC2)cc1. The summed E-state index contributed by atoms with van der Waals surface area (Å²) in [4.78, 5) is 18.1. The number of nitrogens with one attached hydrogen (secondary N) is 1. The maximum absolute atomic E-state index is 13.2. The van der Waals surface area contributed by atoms with Gasteiger partial charge in [0.25, 0.3) is 5.91 Å². The van der Waals surface area contributed by atoms with Crippen LogP contribution in [0.1, 0.15) is 28.0 Å². The minimum absolute atomic E-state index is 0.163. The van der Waals surface area contributed by atoms with Crippen LogP contribution < -0.4 is 5.32 Å². The quantitative estimate of drug-likeness (QED) is 0.443. The monoisotopic (exact) mass is 509 g/mol. The van der Waals surface area contributed by atoms with Crippen molar-refractivity contribution in [1.29, 1.82) is 0 Å². The number of hydrogen-bond donors (Lipinski definition) is 1. The van der Waals surface area contributed by atoms with Crippen LogP contribution in [0.15, 0.2) is 53.4 Å². The molecule has 9 nitrogen and oxygen atoms in total. The molecular weight excluding hydrogens is 486 g/mol. The Morgan fingerprint density at radius 1 is 1.03 bits per heavy atom. The molecule has 1 N–H and O–H groups in total. The maximum atomic E-state index is 13.2. The molecule has 0 atom stereocenters. The lowest BCUT2D eigenvalue weighted by Crippen LogP contribution is -2.40. The van der Waals surface area contributed by atoms with E-state index in [2.05, 4.69) is 5.32 Å². The lowest BCUT2D eigenvalue weighted by atomic mass is 10.2. The van der Waals surface area contributed by atoms with Crippen molar-refractivity contribution in [3.63, 3.8) is 0 Å². The Morgan fingerprint density at radius 2 is 1.80 bits per heavy atom. The van der Waals surface area contributed by atoms with Crippen LogP contribution in [0.25, 0.3) is 15.3 Å². The molecule has 1 amide bonds. The Balaban J connectivity index is 1.28. The summed E-state index contributed by atoms with van der Waals surface area (Å²) in [7, 11) is -3.62. The molecule has 1 aliphatic carbocycles. The molecule has 1 aliphatic heterocycles. The van der Waals surface area contributed by atoms with Crippen LogP contribution >= 0.6 is 11.3 Å². The number of anilines is 1. The van der Waals surface area contributed by atoms with Crippen molar-refractivity contribution >= 4 is 43.3 Å². The number of hydrogen-bond acceptors (Lipinski definition) is 7. The standard InChI is InChI=1S/C24H23N5O4S2/c30-23(16-8-10-17(11-9-16)35(31,32)28-12-14-33-15-13-28)26-22-18-4-3-6-19(18)27-29(22)24-25-20-5-1-2-7-21(20)34-24/h1-2,5,7-11H,3-4,6,12-15H2,(H,26,30). The van der Waals surface area contributed by atoms with Crippen LogP contribution in [0, 0.1) is 0 Å². The molecule has 2 aliphatic rings. The first-order chi connectivity index (χ1) is 17.0. The van der Waals surface area contributed by atoms with Gasteiger partial charge in [0, 0.05) is 24.2 Å². The molecule has 3 heterocycles. The predicted molar refractivity (Wildman–Crippen MR) is 133 cm³/mol. The van der Waals surface area contributed by atoms with Crippen LogP contribution in [0.3, 0.4) is 0 Å². The number of sulfonamides is 1. The number of nitrogens with zero attached hydrogens (tertiary/aromatic N) is 4. The first-order valence-corrected chi connectivity index (χ1v) is 13.7. The summed E-state index contributed by atoms with van der Waals surface area (Å²) in [6.07, 6.45) is 2.70. The molecule has 35 heavy (non-hydrogen) atoms. The molecule has 0 saturated carbocycles. The first-order valence-electron chi connectivity index (χ1n) is 11.5. The summed E-state index contributed by atoms with van der Waals surface area (Å²) in [5.41, 5.74) is 3.27. The van der Waals surface area contributed by atoms with Gasteiger partial charge in [0.2, 0.25) is 15.2 Å². The second-order valence-electron chi connectivity index (χ2n) is 8.50. The highest BCUT2D eigenvalue weighted by Crippen LogP contribution is 2.34. The number of thiazole rings is 1. The zero-order valence-electron chi connectivity index (χ0n) is 18.8. The van der Waals surface area contributed by atoms with Gasteiger partial charge in [-0.3, -0.25) is 4.79 Å². The van der Waals surface area contributed by atoms with Crippen molar-refractivity contribution in [1.82, 2.24) is 19.1 Å². The van der Waals surface area contributed by atoms with Crippen LogP contribution in [-0.2, 0) is 27.6 Å². The number of fused-ring (bicyclic) bond motifs is 2. The fourth-order valence-electron chi connectivity index (χ4n) is 4.50. The van der Waals surface area contributed by atoms with E-state index in [4.69, 9.17) is 14.8 Å². The van der Waals surface area contributed by atoms with Crippen molar-refractivity contribution in [2.75, 3.05) is 31.6 Å². The zero-order valence-corrected chi connectivity index (χ0v) is 20.4. The molecule has 11 heteroatoms. The number of rotatable bonds is 5. The highest BCUT2D eigenvalue weighted by atomic mass is 32.2. The van der Waals surface area contributed by atoms with E-state index in [9.17, 15) is 13.2 Å². The number of ether oxygens (including phenoxy) is 1. The second kappa shape index (κ2) is 8.83. The van der Waals surface area contributed by atoms with Gasteiger partial charge < -0.3 is 10.1 Å². The van der Waals surface area contributed by atoms with Gasteiger partial charge in [-0.05, 0) is 55.7 Å². The van der Waals surface area contributed by atoms with Crippen molar-refractivity contribution in [3.8, 4) is 5.13 Å². The number of carbonyl (C=O) groups excluding carboxylic acids is 1. The van der Waals surface area contributed by atoms with Gasteiger partial charge in [-0.2, -0.15) is 14.1 Å². The lowest BCUT2D eigenvalue weighted by molar-refractivity contribution is 0.0730. The number of benzene rings is 2. The molecule has 6 rings (SSSR count). The Hall–Kier alpha value is -3.12. The van der Waals surface area contributed by atoms with Crippen molar-refractivity contribution < 1.29 is 17.9 Å². The summed E-state index contributed by atoms with van der Waals surface area (Å²) in [6, 6.07) is 13.9. The molecule has 4 aromatic rings. The van der Waals surface area contributed by atoms with E-state index < -0.39 is 10.0 Å². The van der Waals surface area contributed by atoms with Crippen molar-refractivity contribution in [2.45, 2.75) is 24.2 Å². The molecule has 1 saturated heterocycles. The molecule has 0 bridgehead atoms. The minimum Gasteiger partial charge on any atom is -0.379 e. The summed E-state index contributed by atoms with van der Waals surface area (Å²) in [5, 5.41) is 8.48. The van der Waals surface area contributed by atoms with E-state index in [-0.39, 0.29) is 10.8 Å². The Bertz CT molecular complexity index is 1490. The lowest BCUT2D eigenvalue weighted by Gasteiger charge is -2.26. The van der Waals surface area contributed by atoms with Crippen LogP contribution in [0.4, 0.5) is 5.82 Å². The number of amides is 1. The van der Waals surface area contributed by atoms with Gasteiger partial charge >= 0.3 is 0 Å². The topological polar surface area (TPSA) is 106 Å². The third-order valence-electron chi connectivity index (χ3n) is 6.33. The maximum Gasteiger partial charge on any atom is 0.256 e. The molecular formula is C24H23N5O4S2. The van der Waals surface area contributed by atoms with Gasteiger partial charge in [-0.25, -0.2) is 13.4 Å². The number of carbonyl (C=O) groups is 1. The zero-order chi connectivity index (χ0) is 24.0. The molecule has 180 valence electrons. The fraction of sp³-hybridized carbons (Fsp3) is 0.292. The van der Waals surface area contributed by atoms with E-state index in [1.807, 2.05) is 24.3 Å². The summed E-state index contributed by atoms with van der Waals surface area (Å²) in [5.74, 6) is 0.309. The first kappa shape index (κ1) is 22.4. The number of aromatic nitrogens is 3. The molecule has 2 aromatic carbocycles. The Labute approximate surface area is 206 Å². The van der Waals surface area contributed by atoms with Gasteiger partial charge in [0.1, 0.15) is 5.82 Å². The van der Waals surface area contributed by atoms with Gasteiger partial charge in [-0.1, -0.05) is 23.5 Å². The smallest absolute Gasteiger partial charge is 0.256 e. The molecule has 0 unspecified atom stereocenters. The number of para-hydroxylation sites is 1. The van der Waals surface area contributed by atoms with Crippen LogP contribution in [0.2, 0.25) is 0 Å². The number of morpholine rings is 1. The molecule has 1 fully saturated rings. The Morgan fingerprint density at radius 3 is 2.57 bits per heavy atom. The highest BCUT2D eigenvalue weighted by molar-refractivity contribution is 7.89. The van der Waals surface area contributed by atoms with E-state index in [0.717, 1.165) is 40.7 Å². The van der Waals surface area contributed by atoms with Crippen LogP contribution in [-0.4, -0.2) is 59.7 Å². The molecule has 2 aromatic heterocycles. The highest BCUT2D eigenvalue weighted by Gasteiger charge is 2.28. The summed E-state index contributed by atoms with van der Waals surface area (Å²) >= 11 is 1.52. The molecule has 0 spiro atoms. The summed E-state index contributed by atoms with van der Waals surface area (Å²) in [6.45, 7) is 1.41. The van der Waals surface area contributed by atoms with Crippen molar-refractivity contribution in [3.05, 3.63) is 65.4 Å². The van der Waals surface area contributed by atoms with Crippen molar-refractivity contribution in [2.24, 2.45) is 0 Å². The summed E-state index contributed by atoms with van der Waals surface area (Å²) < 4.78 is 35.2.